The average Bonchev–Trinajstić information content (AvgIpc) is 2.23. The summed E-state index contributed by atoms with van der Waals surface area (Å²) in [6, 6.07) is 4.46. The van der Waals surface area contributed by atoms with Crippen LogP contribution in [0.4, 0.5) is 4.39 Å². The molecule has 70 valence electrons. The van der Waals surface area contributed by atoms with Crippen molar-refractivity contribution in [2.75, 3.05) is 0 Å². The molecule has 0 atom stereocenters. The van der Waals surface area contributed by atoms with Crippen molar-refractivity contribution in [3.63, 3.8) is 0 Å². The van der Waals surface area contributed by atoms with Crippen LogP contribution in [0.3, 0.4) is 0 Å². The van der Waals surface area contributed by atoms with Gasteiger partial charge in [0.25, 0.3) is 0 Å². The molecule has 0 aliphatic carbocycles. The summed E-state index contributed by atoms with van der Waals surface area (Å²) in [7, 11) is 0. The summed E-state index contributed by atoms with van der Waals surface area (Å²) < 4.78 is 12.8. The Morgan fingerprint density at radius 2 is 2.07 bits per heavy atom. The van der Waals surface area contributed by atoms with Crippen LogP contribution in [-0.4, -0.2) is 9.97 Å². The first-order chi connectivity index (χ1) is 6.77. The molecule has 1 aromatic carbocycles. The molecule has 0 unspecified atom stereocenters. The fraction of sp³-hybridized carbons (Fsp3) is 0. The monoisotopic (exact) mass is 208 g/mol. The summed E-state index contributed by atoms with van der Waals surface area (Å²) in [4.78, 5) is 7.99. The van der Waals surface area contributed by atoms with E-state index in [1.807, 2.05) is 0 Å². The van der Waals surface area contributed by atoms with Gasteiger partial charge < -0.3 is 0 Å². The van der Waals surface area contributed by atoms with Crippen LogP contribution in [-0.2, 0) is 0 Å². The van der Waals surface area contributed by atoms with Crippen molar-refractivity contribution in [3.05, 3.63) is 47.6 Å². The highest BCUT2D eigenvalue weighted by atomic mass is 35.5. The Morgan fingerprint density at radius 3 is 2.71 bits per heavy atom. The maximum Gasteiger partial charge on any atom is 0.141 e. The molecule has 0 radical (unpaired) electrons. The topological polar surface area (TPSA) is 25.8 Å². The van der Waals surface area contributed by atoms with Crippen molar-refractivity contribution in [3.8, 4) is 11.3 Å². The third-order valence-corrected chi connectivity index (χ3v) is 2.07. The Bertz CT molecular complexity index is 445. The fourth-order valence-corrected chi connectivity index (χ4v) is 1.28. The number of hydrogen-bond acceptors (Lipinski definition) is 2. The smallest absolute Gasteiger partial charge is 0.141 e. The van der Waals surface area contributed by atoms with Gasteiger partial charge in [0.2, 0.25) is 0 Å². The fourth-order valence-electron chi connectivity index (χ4n) is 1.10. The number of halogens is 2. The predicted molar refractivity (Wildman–Crippen MR) is 52.4 cm³/mol. The Labute approximate surface area is 85.4 Å². The van der Waals surface area contributed by atoms with E-state index in [9.17, 15) is 4.39 Å². The molecule has 0 fully saturated rings. The van der Waals surface area contributed by atoms with Crippen molar-refractivity contribution in [1.82, 2.24) is 9.97 Å². The Hall–Kier alpha value is -1.48. The van der Waals surface area contributed by atoms with Gasteiger partial charge in [0, 0.05) is 18.0 Å². The minimum atomic E-state index is -0.431. The van der Waals surface area contributed by atoms with Crippen molar-refractivity contribution in [1.29, 1.82) is 0 Å². The molecule has 0 aliphatic rings. The third kappa shape index (κ3) is 1.72. The summed E-state index contributed by atoms with van der Waals surface area (Å²) in [5.41, 5.74) is 1.43. The summed E-state index contributed by atoms with van der Waals surface area (Å²) >= 11 is 5.64. The van der Waals surface area contributed by atoms with Crippen molar-refractivity contribution in [2.24, 2.45) is 0 Å². The van der Waals surface area contributed by atoms with E-state index in [-0.39, 0.29) is 5.02 Å². The lowest BCUT2D eigenvalue weighted by atomic mass is 10.1. The van der Waals surface area contributed by atoms with Crippen LogP contribution in [0.2, 0.25) is 5.02 Å². The first kappa shape index (κ1) is 9.09. The van der Waals surface area contributed by atoms with E-state index in [4.69, 9.17) is 11.6 Å². The van der Waals surface area contributed by atoms with Gasteiger partial charge in [-0.15, -0.1) is 0 Å². The lowest BCUT2D eigenvalue weighted by molar-refractivity contribution is 0.628. The SMILES string of the molecule is Fc1ccc(-c2cnccn2)cc1Cl. The molecule has 0 aliphatic heterocycles. The van der Waals surface area contributed by atoms with Crippen LogP contribution >= 0.6 is 11.6 Å². The molecule has 2 rings (SSSR count). The first-order valence-corrected chi connectivity index (χ1v) is 4.36. The van der Waals surface area contributed by atoms with Crippen LogP contribution in [0.15, 0.2) is 36.8 Å². The molecule has 1 aromatic heterocycles. The second-order valence-corrected chi connectivity index (χ2v) is 3.13. The van der Waals surface area contributed by atoms with Gasteiger partial charge in [0.1, 0.15) is 5.82 Å². The maximum atomic E-state index is 12.8. The summed E-state index contributed by atoms with van der Waals surface area (Å²) in [6.45, 7) is 0. The van der Waals surface area contributed by atoms with Crippen LogP contribution < -0.4 is 0 Å². The highest BCUT2D eigenvalue weighted by molar-refractivity contribution is 6.31. The predicted octanol–water partition coefficient (Wildman–Crippen LogP) is 2.94. The lowest BCUT2D eigenvalue weighted by Crippen LogP contribution is -1.85. The highest BCUT2D eigenvalue weighted by Gasteiger charge is 2.03. The molecule has 4 heteroatoms. The third-order valence-electron chi connectivity index (χ3n) is 1.78. The average molecular weight is 209 g/mol. The van der Waals surface area contributed by atoms with E-state index in [2.05, 4.69) is 9.97 Å². The quantitative estimate of drug-likeness (QED) is 0.720. The lowest BCUT2D eigenvalue weighted by Gasteiger charge is -2.00. The molecule has 0 spiro atoms. The van der Waals surface area contributed by atoms with E-state index in [1.165, 1.54) is 12.1 Å². The number of benzene rings is 1. The van der Waals surface area contributed by atoms with Crippen LogP contribution in [0.1, 0.15) is 0 Å². The van der Waals surface area contributed by atoms with Gasteiger partial charge in [-0.2, -0.15) is 0 Å². The zero-order valence-electron chi connectivity index (χ0n) is 7.11. The van der Waals surface area contributed by atoms with Gasteiger partial charge in [0.15, 0.2) is 0 Å². The first-order valence-electron chi connectivity index (χ1n) is 3.99. The van der Waals surface area contributed by atoms with Crippen LogP contribution in [0, 0.1) is 5.82 Å². The molecule has 0 N–H and O–H groups in total. The maximum absolute atomic E-state index is 12.8. The Morgan fingerprint density at radius 1 is 1.21 bits per heavy atom. The Balaban J connectivity index is 2.48. The van der Waals surface area contributed by atoms with Crippen LogP contribution in [0.25, 0.3) is 11.3 Å². The molecular formula is C10H6ClFN2. The zero-order valence-corrected chi connectivity index (χ0v) is 7.87. The second kappa shape index (κ2) is 3.72. The molecule has 14 heavy (non-hydrogen) atoms. The zero-order chi connectivity index (χ0) is 9.97. The molecule has 0 bridgehead atoms. The summed E-state index contributed by atoms with van der Waals surface area (Å²) in [5.74, 6) is -0.431. The second-order valence-electron chi connectivity index (χ2n) is 2.72. The van der Waals surface area contributed by atoms with E-state index in [0.29, 0.717) is 5.69 Å². The molecular weight excluding hydrogens is 203 g/mol. The molecule has 2 nitrogen and oxygen atoms in total. The van der Waals surface area contributed by atoms with E-state index in [1.54, 1.807) is 24.7 Å². The van der Waals surface area contributed by atoms with Gasteiger partial charge >= 0.3 is 0 Å². The number of hydrogen-bond donors (Lipinski definition) is 0. The molecule has 0 saturated heterocycles. The summed E-state index contributed by atoms with van der Waals surface area (Å²) in [6.07, 6.45) is 4.75. The van der Waals surface area contributed by atoms with Crippen molar-refractivity contribution >= 4 is 11.6 Å². The molecule has 2 aromatic rings. The molecule has 0 amide bonds. The van der Waals surface area contributed by atoms with E-state index >= 15 is 0 Å². The van der Waals surface area contributed by atoms with Crippen LogP contribution in [0.5, 0.6) is 0 Å². The van der Waals surface area contributed by atoms with E-state index < -0.39 is 5.82 Å². The number of nitrogens with zero attached hydrogens (tertiary/aromatic N) is 2. The largest absolute Gasteiger partial charge is 0.261 e. The van der Waals surface area contributed by atoms with Gasteiger partial charge in [-0.1, -0.05) is 11.6 Å². The Kier molecular flexibility index (Phi) is 2.41. The van der Waals surface area contributed by atoms with Crippen molar-refractivity contribution in [2.45, 2.75) is 0 Å². The van der Waals surface area contributed by atoms with Gasteiger partial charge in [-0.05, 0) is 18.2 Å². The minimum Gasteiger partial charge on any atom is -0.261 e. The standard InChI is InChI=1S/C10H6ClFN2/c11-8-5-7(1-2-9(8)12)10-6-13-3-4-14-10/h1-6H. The van der Waals surface area contributed by atoms with E-state index in [0.717, 1.165) is 5.56 Å². The molecule has 1 heterocycles. The number of aromatic nitrogens is 2. The van der Waals surface area contributed by atoms with Gasteiger partial charge in [-0.25, -0.2) is 4.39 Å². The normalized spacial score (nSPS) is 10.1. The van der Waals surface area contributed by atoms with Gasteiger partial charge in [-0.3, -0.25) is 9.97 Å². The van der Waals surface area contributed by atoms with Gasteiger partial charge in [0.05, 0.1) is 16.9 Å². The number of rotatable bonds is 1. The summed E-state index contributed by atoms with van der Waals surface area (Å²) in [5, 5.41) is 0.0909. The minimum absolute atomic E-state index is 0.0909. The van der Waals surface area contributed by atoms with Crippen molar-refractivity contribution < 1.29 is 4.39 Å². The highest BCUT2D eigenvalue weighted by Crippen LogP contribution is 2.22. The molecule has 0 saturated carbocycles.